The third kappa shape index (κ3) is 5.88. The summed E-state index contributed by atoms with van der Waals surface area (Å²) in [5.74, 6) is -0.624. The van der Waals surface area contributed by atoms with E-state index in [-0.39, 0.29) is 65.6 Å². The molecule has 1 amide bonds. The smallest absolute Gasteiger partial charge is 0.391 e. The number of aliphatic hydroxyl groups is 1. The number of halogens is 6. The Kier molecular flexibility index (Phi) is 8.73. The monoisotopic (exact) mass is 645 g/mol. The Bertz CT molecular complexity index is 1370. The molecule has 2 aromatic heterocycles. The maximum absolute atomic E-state index is 13.4. The topological polar surface area (TPSA) is 145 Å². The average molecular weight is 646 g/mol. The van der Waals surface area contributed by atoms with Gasteiger partial charge in [-0.05, 0) is 18.1 Å². The molecule has 2 aliphatic heterocycles. The molecular weight excluding hydrogens is 616 g/mol. The number of rotatable bonds is 7. The first-order valence-electron chi connectivity index (χ1n) is 12.7. The highest BCUT2D eigenvalue weighted by Gasteiger charge is 2.71. The van der Waals surface area contributed by atoms with Gasteiger partial charge in [0.25, 0.3) is 15.6 Å². The number of carbonyl (C=O) groups is 1. The second kappa shape index (κ2) is 11.4. The van der Waals surface area contributed by atoms with Crippen LogP contribution in [0, 0.1) is 5.92 Å². The minimum absolute atomic E-state index is 0.00352. The number of nitrogens with zero attached hydrogens (tertiary/aromatic N) is 5. The van der Waals surface area contributed by atoms with Crippen LogP contribution < -0.4 is 16.0 Å². The first kappa shape index (κ1) is 32.2. The van der Waals surface area contributed by atoms with E-state index in [1.54, 1.807) is 0 Å². The van der Waals surface area contributed by atoms with Gasteiger partial charge in [-0.2, -0.15) is 30.6 Å². The van der Waals surface area contributed by atoms with Crippen LogP contribution >= 0.6 is 11.3 Å². The molecule has 4 rings (SSSR count). The van der Waals surface area contributed by atoms with Crippen LogP contribution in [0.4, 0.5) is 37.3 Å². The molecule has 4 N–H and O–H groups in total. The van der Waals surface area contributed by atoms with Crippen molar-refractivity contribution in [2.24, 2.45) is 5.92 Å². The van der Waals surface area contributed by atoms with Crippen molar-refractivity contribution in [3.63, 3.8) is 0 Å². The van der Waals surface area contributed by atoms with Gasteiger partial charge in [-0.25, -0.2) is 18.4 Å². The van der Waals surface area contributed by atoms with E-state index in [9.17, 15) is 44.7 Å². The van der Waals surface area contributed by atoms with Crippen LogP contribution in [0.5, 0.6) is 0 Å². The Labute approximate surface area is 241 Å². The van der Waals surface area contributed by atoms with Gasteiger partial charge >= 0.3 is 12.4 Å². The van der Waals surface area contributed by atoms with Crippen LogP contribution in [0.25, 0.3) is 0 Å². The molecule has 2 fully saturated rings. The van der Waals surface area contributed by atoms with Crippen molar-refractivity contribution in [3.8, 4) is 0 Å². The van der Waals surface area contributed by atoms with Gasteiger partial charge in [-0.15, -0.1) is 11.3 Å². The molecule has 2 atom stereocenters. The fourth-order valence-corrected chi connectivity index (χ4v) is 7.86. The molecule has 0 bridgehead atoms. The van der Waals surface area contributed by atoms with Gasteiger partial charge in [0.15, 0.2) is 0 Å². The lowest BCUT2D eigenvalue weighted by atomic mass is 9.95. The molecule has 2 saturated heterocycles. The van der Waals surface area contributed by atoms with Crippen molar-refractivity contribution in [2.75, 3.05) is 49.9 Å². The fraction of sp³-hybridized carbons (Fsp3) is 0.609. The summed E-state index contributed by atoms with van der Waals surface area (Å²) in [6.07, 6.45) is -11.7. The Morgan fingerprint density at radius 1 is 1.10 bits per heavy atom. The summed E-state index contributed by atoms with van der Waals surface area (Å²) < 4.78 is 108. The zero-order valence-electron chi connectivity index (χ0n) is 22.4. The van der Waals surface area contributed by atoms with Gasteiger partial charge < -0.3 is 21.1 Å². The number of piperazine rings is 2. The highest BCUT2D eigenvalue weighted by Crippen LogP contribution is 2.49. The summed E-state index contributed by atoms with van der Waals surface area (Å²) in [5, 5.41) is 12.8. The van der Waals surface area contributed by atoms with Crippen LogP contribution in [0.15, 0.2) is 28.7 Å². The number of thiophene rings is 1. The van der Waals surface area contributed by atoms with Gasteiger partial charge in [0.05, 0.1) is 17.1 Å². The zero-order chi connectivity index (χ0) is 31.3. The van der Waals surface area contributed by atoms with Gasteiger partial charge in [-0.1, -0.05) is 13.8 Å². The summed E-state index contributed by atoms with van der Waals surface area (Å²) >= 11 is 0.874. The largest absolute Gasteiger partial charge is 0.430 e. The maximum atomic E-state index is 13.4. The number of aromatic nitrogens is 2. The van der Waals surface area contributed by atoms with E-state index in [4.69, 9.17) is 5.73 Å². The summed E-state index contributed by atoms with van der Waals surface area (Å²) in [6.45, 7) is 4.19. The number of alkyl halides is 6. The number of nitrogens with one attached hydrogen (secondary N) is 1. The third-order valence-corrected chi connectivity index (χ3v) is 10.5. The van der Waals surface area contributed by atoms with Crippen molar-refractivity contribution in [2.45, 2.75) is 48.1 Å². The molecule has 42 heavy (non-hydrogen) atoms. The minimum Gasteiger partial charge on any atom is -0.391 e. The van der Waals surface area contributed by atoms with E-state index in [0.29, 0.717) is 13.1 Å². The van der Waals surface area contributed by atoms with Crippen LogP contribution in [0.3, 0.4) is 0 Å². The van der Waals surface area contributed by atoms with Crippen molar-refractivity contribution in [1.82, 2.24) is 24.5 Å². The Hall–Kier alpha value is -2.74. The van der Waals surface area contributed by atoms with E-state index in [2.05, 4.69) is 15.3 Å². The Morgan fingerprint density at radius 3 is 2.24 bits per heavy atom. The normalized spacial score (nSPS) is 22.0. The summed E-state index contributed by atoms with van der Waals surface area (Å²) in [4.78, 5) is 23.4. The van der Waals surface area contributed by atoms with Crippen LogP contribution in [0.2, 0.25) is 0 Å². The van der Waals surface area contributed by atoms with E-state index in [1.807, 2.05) is 18.7 Å². The second-order valence-corrected chi connectivity index (χ2v) is 13.6. The summed E-state index contributed by atoms with van der Waals surface area (Å²) in [7, 11) is -4.00. The molecule has 4 heterocycles. The van der Waals surface area contributed by atoms with Gasteiger partial charge in [0.2, 0.25) is 11.9 Å². The molecule has 234 valence electrons. The molecule has 2 unspecified atom stereocenters. The van der Waals surface area contributed by atoms with Crippen LogP contribution in [-0.2, 0) is 20.4 Å². The van der Waals surface area contributed by atoms with Crippen molar-refractivity contribution >= 4 is 38.2 Å². The molecule has 19 heteroatoms. The van der Waals surface area contributed by atoms with Gasteiger partial charge in [0, 0.05) is 57.2 Å². The second-order valence-electron chi connectivity index (χ2n) is 10.3. The number of nitrogen functional groups attached to an aromatic ring is 1. The summed E-state index contributed by atoms with van der Waals surface area (Å²) in [5.41, 5.74) is -1.10. The van der Waals surface area contributed by atoms with E-state index < -0.39 is 45.6 Å². The van der Waals surface area contributed by atoms with Crippen molar-refractivity contribution in [3.05, 3.63) is 30.1 Å². The quantitative estimate of drug-likeness (QED) is 0.384. The molecule has 0 radical (unpaired) electrons. The molecule has 2 aromatic rings. The van der Waals surface area contributed by atoms with Gasteiger partial charge in [0.1, 0.15) is 4.21 Å². The third-order valence-electron chi connectivity index (χ3n) is 7.21. The lowest BCUT2D eigenvalue weighted by molar-refractivity contribution is -0.376. The Balaban J connectivity index is 1.69. The zero-order valence-corrected chi connectivity index (χ0v) is 24.0. The minimum atomic E-state index is -6.11. The molecule has 0 saturated carbocycles. The van der Waals surface area contributed by atoms with Crippen LogP contribution in [-0.4, -0.2) is 102 Å². The number of hydrogen-bond acceptors (Lipinski definition) is 10. The van der Waals surface area contributed by atoms with Crippen molar-refractivity contribution in [1.29, 1.82) is 0 Å². The number of carbonyl (C=O) groups excluding carboxylic acids is 1. The van der Waals surface area contributed by atoms with E-state index >= 15 is 0 Å². The molecular formula is C23H29F6N7O4S2. The predicted octanol–water partition coefficient (Wildman–Crippen LogP) is 1.77. The first-order valence-corrected chi connectivity index (χ1v) is 15.0. The lowest BCUT2D eigenvalue weighted by Gasteiger charge is -2.45. The summed E-state index contributed by atoms with van der Waals surface area (Å²) in [6, 6.07) is 1.49. The Morgan fingerprint density at radius 2 is 1.71 bits per heavy atom. The number of anilines is 2. The van der Waals surface area contributed by atoms with Gasteiger partial charge in [-0.3, -0.25) is 9.69 Å². The number of hydrogen-bond donors (Lipinski definition) is 3. The molecule has 11 nitrogen and oxygen atoms in total. The van der Waals surface area contributed by atoms with E-state index in [0.717, 1.165) is 11.3 Å². The lowest BCUT2D eigenvalue weighted by Crippen LogP contribution is -2.64. The molecule has 0 aliphatic carbocycles. The standard InChI is InChI=1S/C23H29F6N7O4S2/c1-13(2)18-19(37)31-5-6-34(18)11-15-12-35(42(39,40)17-4-3-16(30)41-17)7-8-36(15)20-32-9-14(10-33-20)21(38,22(24,25)26)23(27,28)29/h3-4,9-10,13,15,18,38H,5-8,11-12,30H2,1-2H3,(H,31,37). The maximum Gasteiger partial charge on any atom is 0.430 e. The molecule has 2 aliphatic rings. The number of sulfonamides is 1. The predicted molar refractivity (Wildman–Crippen MR) is 140 cm³/mol. The van der Waals surface area contributed by atoms with Crippen molar-refractivity contribution < 1.29 is 44.7 Å². The molecule has 0 aromatic carbocycles. The average Bonchev–Trinajstić information content (AvgIpc) is 3.34. The first-order chi connectivity index (χ1) is 19.4. The number of amides is 1. The number of nitrogens with two attached hydrogens (primary N) is 1. The highest BCUT2D eigenvalue weighted by atomic mass is 32.2. The highest BCUT2D eigenvalue weighted by molar-refractivity contribution is 7.91. The van der Waals surface area contributed by atoms with E-state index in [1.165, 1.54) is 21.3 Å². The fourth-order valence-electron chi connectivity index (χ4n) is 5.14. The van der Waals surface area contributed by atoms with Crippen LogP contribution in [0.1, 0.15) is 19.4 Å². The molecule has 0 spiro atoms. The SMILES string of the molecule is CC(C)C1C(=O)NCCN1CC1CN(S(=O)(=O)c2ccc(N)s2)CCN1c1ncc(C(O)(C(F)(F)F)C(F)(F)F)cn1.